The molecule has 7 rings (SSSR count). The molecule has 3 aliphatic rings. The van der Waals surface area contributed by atoms with Gasteiger partial charge in [-0.05, 0) is 121 Å². The summed E-state index contributed by atoms with van der Waals surface area (Å²) in [7, 11) is 0. The maximum Gasteiger partial charge on any atom is 0.446 e. The summed E-state index contributed by atoms with van der Waals surface area (Å²) in [5, 5.41) is 8.39. The number of thioether (sulfide) groups is 2. The molecule has 1 aliphatic carbocycles. The van der Waals surface area contributed by atoms with Crippen molar-refractivity contribution < 1.29 is 22.7 Å². The van der Waals surface area contributed by atoms with E-state index >= 15 is 0 Å². The van der Waals surface area contributed by atoms with E-state index in [9.17, 15) is 18.0 Å². The van der Waals surface area contributed by atoms with Crippen molar-refractivity contribution in [1.29, 1.82) is 0 Å². The highest BCUT2D eigenvalue weighted by Gasteiger charge is 2.32. The second-order valence-corrected chi connectivity index (χ2v) is 19.2. The van der Waals surface area contributed by atoms with E-state index in [0.717, 1.165) is 87.2 Å². The van der Waals surface area contributed by atoms with Gasteiger partial charge in [-0.15, -0.1) is 24.6 Å². The van der Waals surface area contributed by atoms with Crippen LogP contribution in [-0.2, 0) is 4.74 Å². The van der Waals surface area contributed by atoms with Crippen molar-refractivity contribution >= 4 is 70.7 Å². The number of benzene rings is 4. The number of allylic oxidation sites excluding steroid dienone is 1. The number of carbonyl (C=O) groups excluding carboxylic acids is 1. The monoisotopic (exact) mass is 911 g/mol. The van der Waals surface area contributed by atoms with Crippen molar-refractivity contribution in [2.24, 2.45) is 10.6 Å². The van der Waals surface area contributed by atoms with Gasteiger partial charge in [-0.2, -0.15) is 13.2 Å². The van der Waals surface area contributed by atoms with Gasteiger partial charge in [0.15, 0.2) is 5.78 Å². The van der Waals surface area contributed by atoms with Gasteiger partial charge in [0.25, 0.3) is 0 Å². The Balaban J connectivity index is 0.00000307. The number of morpholine rings is 1. The Morgan fingerprint density at radius 1 is 0.885 bits per heavy atom. The van der Waals surface area contributed by atoms with Crippen LogP contribution in [0, 0.1) is 5.41 Å². The lowest BCUT2D eigenvalue weighted by atomic mass is 9.73. The topological polar surface area (TPSA) is 74.1 Å². The molecule has 4 aromatic carbocycles. The van der Waals surface area contributed by atoms with Gasteiger partial charge in [0.05, 0.1) is 13.2 Å². The van der Waals surface area contributed by atoms with Crippen LogP contribution in [0.25, 0.3) is 5.57 Å². The first-order valence-corrected chi connectivity index (χ1v) is 23.6. The molecule has 2 saturated heterocycles. The molecule has 1 unspecified atom stereocenters. The standard InChI is InChI=1S/C47H54ClF3N4O2S2.H3NS/c1-46(2)20-18-42(34-8-13-38(48)14-9-34)37(31-46)32-54-22-24-55(25-23-54)40-15-10-35(11-16-40)45(56)36-12-17-43(44(30-36)59-47(49,50)51)52-39(19-21-53-26-28-57-29-27-53)33-58-41-6-4-3-5-7-41;1-2/h3-17,30,39,52H,18-29,31-33H2,1-2H3;2H,1H2. The Morgan fingerprint density at radius 2 is 1.56 bits per heavy atom. The second-order valence-electron chi connectivity index (χ2n) is 16.5. The molecule has 2 aliphatic heterocycles. The summed E-state index contributed by atoms with van der Waals surface area (Å²) in [5.41, 5.74) is 2.09. The molecule has 7 nitrogen and oxygen atoms in total. The summed E-state index contributed by atoms with van der Waals surface area (Å²) in [6.07, 6.45) is 4.07. The van der Waals surface area contributed by atoms with Crippen LogP contribution in [0.3, 0.4) is 0 Å². The number of hydrogen-bond donors (Lipinski definition) is 3. The fourth-order valence-corrected chi connectivity index (χ4v) is 10.1. The quantitative estimate of drug-likeness (QED) is 0.0614. The third kappa shape index (κ3) is 14.2. The smallest absolute Gasteiger partial charge is 0.381 e. The van der Waals surface area contributed by atoms with Crippen LogP contribution in [0.4, 0.5) is 24.5 Å². The van der Waals surface area contributed by atoms with Crippen molar-refractivity contribution in [3.05, 3.63) is 124 Å². The number of nitrogens with two attached hydrogens (primary N) is 1. The minimum absolute atomic E-state index is 0.00763. The highest BCUT2D eigenvalue weighted by atomic mass is 35.5. The van der Waals surface area contributed by atoms with E-state index in [4.69, 9.17) is 16.3 Å². The Bertz CT molecular complexity index is 2040. The van der Waals surface area contributed by atoms with Crippen LogP contribution >= 0.6 is 47.9 Å². The fourth-order valence-electron chi connectivity index (χ4n) is 8.27. The third-order valence-corrected chi connectivity index (χ3v) is 13.8. The average molecular weight is 913 g/mol. The van der Waals surface area contributed by atoms with Crippen LogP contribution in [0.1, 0.15) is 61.0 Å². The number of thiol groups is 1. The molecule has 0 radical (unpaired) electrons. The average Bonchev–Trinajstić information content (AvgIpc) is 3.26. The molecule has 328 valence electrons. The van der Waals surface area contributed by atoms with Gasteiger partial charge < -0.3 is 15.0 Å². The molecule has 0 aromatic heterocycles. The van der Waals surface area contributed by atoms with Crippen molar-refractivity contribution in [1.82, 2.24) is 9.80 Å². The van der Waals surface area contributed by atoms with Gasteiger partial charge in [-0.25, -0.2) is 0 Å². The molecular formula is C47H57ClF3N5O2S3. The number of alkyl halides is 3. The van der Waals surface area contributed by atoms with Gasteiger partial charge in [0.2, 0.25) is 0 Å². The minimum Gasteiger partial charge on any atom is -0.381 e. The largest absolute Gasteiger partial charge is 0.446 e. The molecule has 0 saturated carbocycles. The Hall–Kier alpha value is -3.14. The van der Waals surface area contributed by atoms with Crippen molar-refractivity contribution in [3.8, 4) is 0 Å². The minimum atomic E-state index is -4.52. The molecule has 2 heterocycles. The molecule has 1 atom stereocenters. The van der Waals surface area contributed by atoms with Crippen molar-refractivity contribution in [2.75, 3.05) is 81.5 Å². The van der Waals surface area contributed by atoms with Crippen LogP contribution in [-0.4, -0.2) is 98.5 Å². The lowest BCUT2D eigenvalue weighted by Gasteiger charge is -2.39. The normalized spacial score (nSPS) is 18.0. The first-order chi connectivity index (χ1) is 29.4. The van der Waals surface area contributed by atoms with E-state index in [2.05, 4.69) is 64.0 Å². The van der Waals surface area contributed by atoms with Gasteiger partial charge in [0.1, 0.15) is 0 Å². The molecule has 61 heavy (non-hydrogen) atoms. The number of rotatable bonds is 15. The highest BCUT2D eigenvalue weighted by molar-refractivity contribution is 8.00. The molecule has 3 N–H and O–H groups in total. The first kappa shape index (κ1) is 47.3. The van der Waals surface area contributed by atoms with E-state index in [1.807, 2.05) is 54.6 Å². The fraction of sp³-hybridized carbons (Fsp3) is 0.426. The van der Waals surface area contributed by atoms with E-state index in [1.54, 1.807) is 36.0 Å². The number of ether oxygens (including phenoxy) is 1. The third-order valence-electron chi connectivity index (χ3n) is 11.6. The zero-order chi connectivity index (χ0) is 43.4. The zero-order valence-corrected chi connectivity index (χ0v) is 38.2. The molecule has 0 bridgehead atoms. The molecule has 0 spiro atoms. The van der Waals surface area contributed by atoms with Crippen molar-refractivity contribution in [3.63, 3.8) is 0 Å². The summed E-state index contributed by atoms with van der Waals surface area (Å²) < 4.78 is 47.5. The van der Waals surface area contributed by atoms with E-state index in [-0.39, 0.29) is 39.5 Å². The second kappa shape index (κ2) is 22.5. The maximum absolute atomic E-state index is 14.0. The Labute approximate surface area is 378 Å². The molecule has 14 heteroatoms. The molecule has 4 aromatic rings. The number of anilines is 2. The summed E-state index contributed by atoms with van der Waals surface area (Å²) in [4.78, 5) is 22.1. The highest BCUT2D eigenvalue weighted by Crippen LogP contribution is 2.44. The molecular weight excluding hydrogens is 855 g/mol. The van der Waals surface area contributed by atoms with Crippen LogP contribution in [0.15, 0.2) is 112 Å². The summed E-state index contributed by atoms with van der Waals surface area (Å²) in [6.45, 7) is 13.1. The van der Waals surface area contributed by atoms with E-state index in [0.29, 0.717) is 30.2 Å². The number of nitrogens with one attached hydrogen (secondary N) is 1. The Morgan fingerprint density at radius 3 is 2.23 bits per heavy atom. The van der Waals surface area contributed by atoms with E-state index < -0.39 is 5.51 Å². The number of ketones is 1. The molecule has 2 fully saturated rings. The lowest BCUT2D eigenvalue weighted by Crippen LogP contribution is -2.47. The Kier molecular flexibility index (Phi) is 17.4. The SMILES string of the molecule is CC1(C)CCC(c2ccc(Cl)cc2)=C(CN2CCN(c3ccc(C(=O)c4ccc(NC(CCN5CCOCC5)CSc5ccccc5)c(SC(F)(F)F)c4)cc3)CC2)C1.NS. The van der Waals surface area contributed by atoms with Gasteiger partial charge in [0, 0.05) is 101 Å². The number of hydrogen-bond acceptors (Lipinski definition) is 10. The summed E-state index contributed by atoms with van der Waals surface area (Å²) >= 11 is 10.7. The maximum atomic E-state index is 14.0. The summed E-state index contributed by atoms with van der Waals surface area (Å²) in [6, 6.07) is 30.3. The number of nitrogens with zero attached hydrogens (tertiary/aromatic N) is 3. The number of carbonyl (C=O) groups is 1. The van der Waals surface area contributed by atoms with Crippen LogP contribution in [0.2, 0.25) is 5.02 Å². The van der Waals surface area contributed by atoms with Crippen LogP contribution < -0.4 is 15.4 Å². The van der Waals surface area contributed by atoms with Gasteiger partial charge >= 0.3 is 5.51 Å². The van der Waals surface area contributed by atoms with Gasteiger partial charge in [-0.3, -0.25) is 19.7 Å². The number of halogens is 4. The number of piperazine rings is 1. The lowest BCUT2D eigenvalue weighted by molar-refractivity contribution is -0.0328. The predicted octanol–water partition coefficient (Wildman–Crippen LogP) is 11.1. The predicted molar refractivity (Wildman–Crippen MR) is 253 cm³/mol. The zero-order valence-electron chi connectivity index (χ0n) is 34.9. The first-order valence-electron chi connectivity index (χ1n) is 20.9. The van der Waals surface area contributed by atoms with Crippen LogP contribution in [0.5, 0.6) is 0 Å². The van der Waals surface area contributed by atoms with Gasteiger partial charge in [-0.1, -0.05) is 61.4 Å². The van der Waals surface area contributed by atoms with E-state index in [1.165, 1.54) is 29.2 Å². The van der Waals surface area contributed by atoms with Crippen molar-refractivity contribution in [2.45, 2.75) is 60.9 Å². The molecule has 0 amide bonds. The summed E-state index contributed by atoms with van der Waals surface area (Å²) in [5.74, 6) is 0.370.